The molecule has 0 spiro atoms. The monoisotopic (exact) mass is 430 g/mol. The zero-order valence-corrected chi connectivity index (χ0v) is 16.0. The molecule has 0 saturated carbocycles. The van der Waals surface area contributed by atoms with E-state index in [0.29, 0.717) is 25.0 Å². The number of nitrogens with zero attached hydrogens (tertiary/aromatic N) is 3. The fourth-order valence-corrected chi connectivity index (χ4v) is 4.30. The lowest BCUT2D eigenvalue weighted by Gasteiger charge is -2.32. The molecule has 2 aliphatic heterocycles. The van der Waals surface area contributed by atoms with Crippen LogP contribution in [0.4, 0.5) is 0 Å². The Morgan fingerprint density at radius 1 is 1.29 bits per heavy atom. The first kappa shape index (κ1) is 19.0. The number of guanidine groups is 1. The Kier molecular flexibility index (Phi) is 7.18. The molecule has 124 valence electrons. The Hall–Kier alpha value is -0.0900. The number of hydrogen-bond donors (Lipinski definition) is 1. The van der Waals surface area contributed by atoms with Gasteiger partial charge in [0, 0.05) is 25.7 Å². The molecule has 0 radical (unpaired) electrons. The number of likely N-dealkylation sites (tertiary alicyclic amines) is 1. The third kappa shape index (κ3) is 5.24. The maximum absolute atomic E-state index is 11.7. The van der Waals surface area contributed by atoms with Gasteiger partial charge in [-0.25, -0.2) is 8.42 Å². The first-order valence-corrected chi connectivity index (χ1v) is 9.24. The van der Waals surface area contributed by atoms with Crippen molar-refractivity contribution in [2.75, 3.05) is 32.4 Å². The summed E-state index contributed by atoms with van der Waals surface area (Å²) in [6.45, 7) is 5.22. The predicted molar refractivity (Wildman–Crippen MR) is 96.4 cm³/mol. The van der Waals surface area contributed by atoms with E-state index in [1.165, 1.54) is 12.7 Å². The minimum atomic E-state index is -3.12. The van der Waals surface area contributed by atoms with E-state index in [1.54, 1.807) is 4.31 Å². The first-order valence-electron chi connectivity index (χ1n) is 7.39. The van der Waals surface area contributed by atoms with Crippen molar-refractivity contribution in [1.82, 2.24) is 9.21 Å². The maximum atomic E-state index is 11.7. The van der Waals surface area contributed by atoms with E-state index in [1.807, 2.05) is 0 Å². The zero-order chi connectivity index (χ0) is 14.8. The summed E-state index contributed by atoms with van der Waals surface area (Å²) in [5.74, 6) is 1.22. The standard InChI is InChI=1S/C13H26N4O2S.HI/c1-11-5-3-7-16(10-11)13(14)15-9-12-6-4-8-17(12)20(2,18)19;/h11-12H,3-10H2,1-2H3,(H2,14,15);1H/t11?,12-;/m1./s1. The van der Waals surface area contributed by atoms with Gasteiger partial charge in [0.15, 0.2) is 5.96 Å². The highest BCUT2D eigenvalue weighted by atomic mass is 127. The fraction of sp³-hybridized carbons (Fsp3) is 0.923. The van der Waals surface area contributed by atoms with Gasteiger partial charge in [-0.05, 0) is 31.6 Å². The molecule has 21 heavy (non-hydrogen) atoms. The van der Waals surface area contributed by atoms with Gasteiger partial charge in [-0.15, -0.1) is 24.0 Å². The molecule has 2 saturated heterocycles. The summed E-state index contributed by atoms with van der Waals surface area (Å²) in [6, 6.07) is -0.0224. The van der Waals surface area contributed by atoms with Crippen LogP contribution in [0.1, 0.15) is 32.6 Å². The van der Waals surface area contributed by atoms with Gasteiger partial charge in [0.25, 0.3) is 0 Å². The Labute approximate surface area is 145 Å². The van der Waals surface area contributed by atoms with Gasteiger partial charge in [0.1, 0.15) is 0 Å². The summed E-state index contributed by atoms with van der Waals surface area (Å²) >= 11 is 0. The molecule has 0 aromatic rings. The molecule has 2 rings (SSSR count). The minimum absolute atomic E-state index is 0. The van der Waals surface area contributed by atoms with Crippen LogP contribution in [0.2, 0.25) is 0 Å². The third-order valence-electron chi connectivity index (χ3n) is 4.19. The van der Waals surface area contributed by atoms with Crippen molar-refractivity contribution >= 4 is 40.0 Å². The molecule has 2 N–H and O–H groups in total. The van der Waals surface area contributed by atoms with Crippen molar-refractivity contribution in [2.45, 2.75) is 38.6 Å². The Morgan fingerprint density at radius 3 is 2.57 bits per heavy atom. The van der Waals surface area contributed by atoms with Crippen LogP contribution in [0, 0.1) is 5.92 Å². The summed E-state index contributed by atoms with van der Waals surface area (Å²) in [5.41, 5.74) is 6.05. The number of piperidine rings is 1. The molecule has 0 amide bonds. The normalized spacial score (nSPS) is 28.5. The quantitative estimate of drug-likeness (QED) is 0.413. The van der Waals surface area contributed by atoms with Crippen molar-refractivity contribution in [3.8, 4) is 0 Å². The second-order valence-electron chi connectivity index (χ2n) is 6.06. The van der Waals surface area contributed by atoms with Crippen molar-refractivity contribution in [1.29, 1.82) is 0 Å². The van der Waals surface area contributed by atoms with Gasteiger partial charge in [-0.3, -0.25) is 4.99 Å². The van der Waals surface area contributed by atoms with Crippen molar-refractivity contribution in [3.63, 3.8) is 0 Å². The average molecular weight is 430 g/mol. The zero-order valence-electron chi connectivity index (χ0n) is 12.9. The lowest BCUT2D eigenvalue weighted by Crippen LogP contribution is -2.44. The van der Waals surface area contributed by atoms with E-state index in [0.717, 1.165) is 32.4 Å². The lowest BCUT2D eigenvalue weighted by molar-refractivity contribution is 0.269. The molecule has 8 heteroatoms. The van der Waals surface area contributed by atoms with E-state index in [-0.39, 0.29) is 30.0 Å². The Morgan fingerprint density at radius 2 is 1.95 bits per heavy atom. The third-order valence-corrected chi connectivity index (χ3v) is 5.53. The Balaban J connectivity index is 0.00000220. The molecular formula is C13H27IN4O2S. The van der Waals surface area contributed by atoms with Crippen LogP contribution in [-0.2, 0) is 10.0 Å². The molecule has 2 atom stereocenters. The second-order valence-corrected chi connectivity index (χ2v) is 8.00. The number of rotatable bonds is 3. The van der Waals surface area contributed by atoms with Gasteiger partial charge < -0.3 is 10.6 Å². The topological polar surface area (TPSA) is 79.0 Å². The SMILES string of the molecule is CC1CCCN(C(N)=NC[C@H]2CCCN2S(C)(=O)=O)C1.I. The maximum Gasteiger partial charge on any atom is 0.211 e. The number of sulfonamides is 1. The van der Waals surface area contributed by atoms with E-state index in [4.69, 9.17) is 5.73 Å². The number of nitrogens with two attached hydrogens (primary N) is 1. The average Bonchev–Trinajstić information content (AvgIpc) is 2.84. The van der Waals surface area contributed by atoms with E-state index in [2.05, 4.69) is 16.8 Å². The summed E-state index contributed by atoms with van der Waals surface area (Å²) in [7, 11) is -3.12. The lowest BCUT2D eigenvalue weighted by atomic mass is 10.0. The number of hydrogen-bond acceptors (Lipinski definition) is 3. The molecule has 0 aromatic carbocycles. The second kappa shape index (κ2) is 7.96. The smallest absolute Gasteiger partial charge is 0.211 e. The van der Waals surface area contributed by atoms with Gasteiger partial charge in [0.05, 0.1) is 12.8 Å². The molecule has 2 heterocycles. The van der Waals surface area contributed by atoms with Crippen LogP contribution in [-0.4, -0.2) is 62.1 Å². The Bertz CT molecular complexity index is 469. The molecule has 2 aliphatic rings. The first-order chi connectivity index (χ1) is 9.38. The van der Waals surface area contributed by atoms with Crippen molar-refractivity contribution in [2.24, 2.45) is 16.6 Å². The molecule has 6 nitrogen and oxygen atoms in total. The summed E-state index contributed by atoms with van der Waals surface area (Å²) < 4.78 is 24.9. The van der Waals surface area contributed by atoms with Crippen LogP contribution in [0.15, 0.2) is 4.99 Å². The highest BCUT2D eigenvalue weighted by Crippen LogP contribution is 2.21. The van der Waals surface area contributed by atoms with E-state index >= 15 is 0 Å². The van der Waals surface area contributed by atoms with Gasteiger partial charge in [-0.1, -0.05) is 6.92 Å². The van der Waals surface area contributed by atoms with E-state index < -0.39 is 10.0 Å². The van der Waals surface area contributed by atoms with Gasteiger partial charge >= 0.3 is 0 Å². The van der Waals surface area contributed by atoms with E-state index in [9.17, 15) is 8.42 Å². The largest absolute Gasteiger partial charge is 0.370 e. The molecule has 2 fully saturated rings. The van der Waals surface area contributed by atoms with Crippen LogP contribution in [0.5, 0.6) is 0 Å². The molecule has 0 bridgehead atoms. The minimum Gasteiger partial charge on any atom is -0.370 e. The molecule has 0 aromatic heterocycles. The van der Waals surface area contributed by atoms with Crippen molar-refractivity contribution in [3.05, 3.63) is 0 Å². The van der Waals surface area contributed by atoms with Crippen LogP contribution >= 0.6 is 24.0 Å². The summed E-state index contributed by atoms with van der Waals surface area (Å²) in [5, 5.41) is 0. The summed E-state index contributed by atoms with van der Waals surface area (Å²) in [6.07, 6.45) is 5.45. The van der Waals surface area contributed by atoms with Crippen LogP contribution < -0.4 is 5.73 Å². The highest BCUT2D eigenvalue weighted by molar-refractivity contribution is 14.0. The van der Waals surface area contributed by atoms with Crippen LogP contribution in [0.3, 0.4) is 0 Å². The summed E-state index contributed by atoms with van der Waals surface area (Å²) in [4.78, 5) is 6.56. The van der Waals surface area contributed by atoms with Crippen LogP contribution in [0.25, 0.3) is 0 Å². The molecule has 0 aliphatic carbocycles. The molecular weight excluding hydrogens is 403 g/mol. The van der Waals surface area contributed by atoms with Gasteiger partial charge in [0.2, 0.25) is 10.0 Å². The number of halogens is 1. The van der Waals surface area contributed by atoms with Gasteiger partial charge in [-0.2, -0.15) is 4.31 Å². The highest BCUT2D eigenvalue weighted by Gasteiger charge is 2.31. The fourth-order valence-electron chi connectivity index (χ4n) is 3.12. The van der Waals surface area contributed by atoms with Crippen molar-refractivity contribution < 1.29 is 8.42 Å². The molecule has 1 unspecified atom stereocenters. The number of aliphatic imine (C=N–C) groups is 1. The predicted octanol–water partition coefficient (Wildman–Crippen LogP) is 1.07.